The highest BCUT2D eigenvalue weighted by atomic mass is 32.2. The third-order valence-corrected chi connectivity index (χ3v) is 5.73. The van der Waals surface area contributed by atoms with Crippen molar-refractivity contribution in [1.82, 2.24) is 4.31 Å². The Morgan fingerprint density at radius 1 is 1.29 bits per heavy atom. The Morgan fingerprint density at radius 3 is 2.53 bits per heavy atom. The summed E-state index contributed by atoms with van der Waals surface area (Å²) < 4.78 is 26.5. The van der Waals surface area contributed by atoms with Gasteiger partial charge in [-0.05, 0) is 6.07 Å². The number of rotatable bonds is 3. The number of hydrogen-bond donors (Lipinski definition) is 1. The molecule has 0 atom stereocenters. The van der Waals surface area contributed by atoms with Crippen molar-refractivity contribution in [2.45, 2.75) is 11.5 Å². The molecule has 1 N–H and O–H groups in total. The summed E-state index contributed by atoms with van der Waals surface area (Å²) >= 11 is 1.31. The van der Waals surface area contributed by atoms with Crippen LogP contribution in [0.15, 0.2) is 29.2 Å². The van der Waals surface area contributed by atoms with Crippen molar-refractivity contribution in [3.63, 3.8) is 0 Å². The minimum atomic E-state index is -3.52. The highest BCUT2D eigenvalue weighted by Crippen LogP contribution is 2.35. The molecule has 2 rings (SSSR count). The lowest BCUT2D eigenvalue weighted by atomic mass is 10.2. The predicted octanol–water partition coefficient (Wildman–Crippen LogP) is 1.64. The maximum atomic E-state index is 12.2. The number of aliphatic hydroxyl groups is 1. The monoisotopic (exact) mass is 271 g/mol. The van der Waals surface area contributed by atoms with Gasteiger partial charge in [-0.3, -0.25) is 0 Å². The summed E-state index contributed by atoms with van der Waals surface area (Å²) in [5.74, 6) is 0. The number of sulfonamides is 1. The molecule has 1 aromatic heterocycles. The molecule has 0 radical (unpaired) electrons. The summed E-state index contributed by atoms with van der Waals surface area (Å²) in [7, 11) is -0.541. The number of benzene rings is 1. The minimum Gasteiger partial charge on any atom is -0.391 e. The van der Waals surface area contributed by atoms with E-state index in [9.17, 15) is 13.5 Å². The molecular weight excluding hydrogens is 258 g/mol. The molecule has 1 heterocycles. The second-order valence-corrected chi connectivity index (χ2v) is 7.02. The summed E-state index contributed by atoms with van der Waals surface area (Å²) in [5.41, 5.74) is 0. The Morgan fingerprint density at radius 2 is 1.94 bits per heavy atom. The highest BCUT2D eigenvalue weighted by Gasteiger charge is 2.25. The molecule has 0 aliphatic carbocycles. The van der Waals surface area contributed by atoms with Crippen LogP contribution in [0.3, 0.4) is 0 Å². The van der Waals surface area contributed by atoms with E-state index in [-0.39, 0.29) is 11.5 Å². The molecule has 0 amide bonds. The van der Waals surface area contributed by atoms with Gasteiger partial charge in [-0.15, -0.1) is 11.3 Å². The van der Waals surface area contributed by atoms with E-state index >= 15 is 0 Å². The van der Waals surface area contributed by atoms with Crippen molar-refractivity contribution in [3.8, 4) is 0 Å². The molecule has 1 aromatic carbocycles. The van der Waals surface area contributed by atoms with Crippen molar-refractivity contribution in [3.05, 3.63) is 29.1 Å². The van der Waals surface area contributed by atoms with Crippen LogP contribution in [0.5, 0.6) is 0 Å². The lowest BCUT2D eigenvalue weighted by Gasteiger charge is -2.11. The van der Waals surface area contributed by atoms with Gasteiger partial charge >= 0.3 is 0 Å². The van der Waals surface area contributed by atoms with Crippen molar-refractivity contribution in [1.29, 1.82) is 0 Å². The second kappa shape index (κ2) is 4.38. The van der Waals surface area contributed by atoms with Gasteiger partial charge in [-0.1, -0.05) is 18.2 Å². The smallest absolute Gasteiger partial charge is 0.244 e. The largest absolute Gasteiger partial charge is 0.391 e. The Bertz CT molecular complexity index is 644. The number of aliphatic hydroxyl groups excluding tert-OH is 1. The maximum Gasteiger partial charge on any atom is 0.244 e. The standard InChI is InChI=1S/C11H13NO3S2/c1-12(2)17(14,15)11-8-5-3-4-6-9(8)16-10(11)7-13/h3-6,13H,7H2,1-2H3. The Hall–Kier alpha value is -0.950. The molecule has 0 fully saturated rings. The third-order valence-electron chi connectivity index (χ3n) is 2.50. The fraction of sp³-hybridized carbons (Fsp3) is 0.273. The van der Waals surface area contributed by atoms with Crippen LogP contribution in [0.2, 0.25) is 0 Å². The Labute approximate surface area is 104 Å². The lowest BCUT2D eigenvalue weighted by molar-refractivity contribution is 0.282. The molecule has 0 aliphatic heterocycles. The predicted molar refractivity (Wildman–Crippen MR) is 68.6 cm³/mol. The van der Waals surface area contributed by atoms with E-state index in [0.717, 1.165) is 4.70 Å². The summed E-state index contributed by atoms with van der Waals surface area (Å²) in [6.07, 6.45) is 0. The molecule has 0 saturated carbocycles. The zero-order valence-corrected chi connectivity index (χ0v) is 11.2. The van der Waals surface area contributed by atoms with Crippen LogP contribution in [-0.4, -0.2) is 31.9 Å². The molecule has 6 heteroatoms. The first-order chi connectivity index (χ1) is 7.98. The van der Waals surface area contributed by atoms with Crippen molar-refractivity contribution < 1.29 is 13.5 Å². The molecule has 92 valence electrons. The van der Waals surface area contributed by atoms with Crippen molar-refractivity contribution in [2.24, 2.45) is 0 Å². The lowest BCUT2D eigenvalue weighted by Crippen LogP contribution is -2.22. The van der Waals surface area contributed by atoms with Gasteiger partial charge in [-0.25, -0.2) is 12.7 Å². The first-order valence-corrected chi connectivity index (χ1v) is 7.28. The molecule has 0 aliphatic rings. The van der Waals surface area contributed by atoms with Gasteiger partial charge in [0.1, 0.15) is 4.90 Å². The quantitative estimate of drug-likeness (QED) is 0.923. The second-order valence-electron chi connectivity index (χ2n) is 3.80. The molecule has 17 heavy (non-hydrogen) atoms. The van der Waals surface area contributed by atoms with Crippen LogP contribution in [0.25, 0.3) is 10.1 Å². The summed E-state index contributed by atoms with van der Waals surface area (Å²) in [6, 6.07) is 7.27. The number of nitrogens with zero attached hydrogens (tertiary/aromatic N) is 1. The molecule has 2 aromatic rings. The topological polar surface area (TPSA) is 57.6 Å². The van der Waals surface area contributed by atoms with Gasteiger partial charge < -0.3 is 5.11 Å². The van der Waals surface area contributed by atoms with Gasteiger partial charge in [0.25, 0.3) is 0 Å². The molecule has 0 saturated heterocycles. The fourth-order valence-corrected chi connectivity index (χ4v) is 4.28. The molecular formula is C11H13NO3S2. The van der Waals surface area contributed by atoms with E-state index in [1.165, 1.54) is 29.7 Å². The summed E-state index contributed by atoms with van der Waals surface area (Å²) in [4.78, 5) is 0.713. The van der Waals surface area contributed by atoms with Gasteiger partial charge in [0.05, 0.1) is 11.5 Å². The first kappa shape index (κ1) is 12.5. The van der Waals surface area contributed by atoms with Crippen LogP contribution in [0, 0.1) is 0 Å². The SMILES string of the molecule is CN(C)S(=O)(=O)c1c(CO)sc2ccccc12. The van der Waals surface area contributed by atoms with E-state index in [1.807, 2.05) is 12.1 Å². The van der Waals surface area contributed by atoms with Crippen molar-refractivity contribution >= 4 is 31.4 Å². The molecule has 0 unspecified atom stereocenters. The average molecular weight is 271 g/mol. The van der Waals surface area contributed by atoms with Crippen LogP contribution in [0.1, 0.15) is 4.88 Å². The van der Waals surface area contributed by atoms with E-state index in [4.69, 9.17) is 0 Å². The molecule has 0 spiro atoms. The highest BCUT2D eigenvalue weighted by molar-refractivity contribution is 7.89. The van der Waals surface area contributed by atoms with E-state index in [1.54, 1.807) is 12.1 Å². The Balaban J connectivity index is 2.84. The van der Waals surface area contributed by atoms with Crippen LogP contribution in [0.4, 0.5) is 0 Å². The minimum absolute atomic E-state index is 0.227. The summed E-state index contributed by atoms with van der Waals surface area (Å²) in [6.45, 7) is -0.262. The number of hydrogen-bond acceptors (Lipinski definition) is 4. The summed E-state index contributed by atoms with van der Waals surface area (Å²) in [5, 5.41) is 9.97. The normalized spacial score (nSPS) is 12.5. The van der Waals surface area contributed by atoms with Gasteiger partial charge in [0.2, 0.25) is 10.0 Å². The van der Waals surface area contributed by atoms with Crippen LogP contribution >= 0.6 is 11.3 Å². The van der Waals surface area contributed by atoms with Crippen LogP contribution < -0.4 is 0 Å². The van der Waals surface area contributed by atoms with Crippen LogP contribution in [-0.2, 0) is 16.6 Å². The number of thiophene rings is 1. The van der Waals surface area contributed by atoms with E-state index in [0.29, 0.717) is 10.3 Å². The van der Waals surface area contributed by atoms with Crippen molar-refractivity contribution in [2.75, 3.05) is 14.1 Å². The van der Waals surface area contributed by atoms with E-state index < -0.39 is 10.0 Å². The molecule has 0 bridgehead atoms. The fourth-order valence-electron chi connectivity index (χ4n) is 1.64. The van der Waals surface area contributed by atoms with E-state index in [2.05, 4.69) is 0 Å². The third kappa shape index (κ3) is 1.97. The zero-order valence-electron chi connectivity index (χ0n) is 9.54. The zero-order chi connectivity index (χ0) is 12.6. The van der Waals surface area contributed by atoms with Gasteiger partial charge in [0, 0.05) is 24.2 Å². The van der Waals surface area contributed by atoms with Gasteiger partial charge in [0.15, 0.2) is 0 Å². The Kier molecular flexibility index (Phi) is 3.22. The van der Waals surface area contributed by atoms with Gasteiger partial charge in [-0.2, -0.15) is 0 Å². The average Bonchev–Trinajstić information content (AvgIpc) is 2.67. The molecule has 4 nitrogen and oxygen atoms in total. The first-order valence-electron chi connectivity index (χ1n) is 5.02. The number of fused-ring (bicyclic) bond motifs is 1. The maximum absolute atomic E-state index is 12.2.